The highest BCUT2D eigenvalue weighted by Gasteiger charge is 2.00. The standard InChI is InChI=1S/C3H6O3.C3H4O3.H3O4P/c2*1-2(4)3(5)6;1-5(2,3)4/h3,5-6H,1H3;1H3,(H,5,6);(H3,1,2,3,4). The monoisotopic (exact) mass is 276 g/mol. The molecule has 10 nitrogen and oxygen atoms in total. The topological polar surface area (TPSA) is 190 Å². The molecular formula is C6H13O10P. The number of carboxylic acid groups (broad SMARTS) is 1. The highest BCUT2D eigenvalue weighted by molar-refractivity contribution is 7.45. The van der Waals surface area contributed by atoms with E-state index in [0.717, 1.165) is 13.8 Å². The van der Waals surface area contributed by atoms with Crippen LogP contribution in [0.1, 0.15) is 13.8 Å². The first-order valence-corrected chi connectivity index (χ1v) is 5.24. The van der Waals surface area contributed by atoms with E-state index in [1.807, 2.05) is 0 Å². The highest BCUT2D eigenvalue weighted by atomic mass is 31.2. The van der Waals surface area contributed by atoms with Crippen LogP contribution in [0.2, 0.25) is 0 Å². The van der Waals surface area contributed by atoms with Gasteiger partial charge in [0.25, 0.3) is 0 Å². The maximum absolute atomic E-state index is 9.64. The van der Waals surface area contributed by atoms with Gasteiger partial charge in [0, 0.05) is 6.92 Å². The van der Waals surface area contributed by atoms with Crippen LogP contribution < -0.4 is 0 Å². The molecule has 6 N–H and O–H groups in total. The molecule has 0 bridgehead atoms. The van der Waals surface area contributed by atoms with Gasteiger partial charge in [-0.15, -0.1) is 0 Å². The molecule has 0 aromatic heterocycles. The molecule has 17 heavy (non-hydrogen) atoms. The van der Waals surface area contributed by atoms with Crippen molar-refractivity contribution in [2.24, 2.45) is 0 Å². The van der Waals surface area contributed by atoms with E-state index in [9.17, 15) is 14.4 Å². The molecule has 0 aliphatic carbocycles. The van der Waals surface area contributed by atoms with Crippen molar-refractivity contribution in [2.45, 2.75) is 20.1 Å². The van der Waals surface area contributed by atoms with Gasteiger partial charge in [-0.3, -0.25) is 9.59 Å². The lowest BCUT2D eigenvalue weighted by Gasteiger charge is -1.90. The normalized spacial score (nSPS) is 9.41. The first-order valence-electron chi connectivity index (χ1n) is 3.67. The molecule has 11 heteroatoms. The van der Waals surface area contributed by atoms with Gasteiger partial charge in [0.2, 0.25) is 12.1 Å². The summed E-state index contributed by atoms with van der Waals surface area (Å²) in [7, 11) is -4.64. The Balaban J connectivity index is -0.000000174. The van der Waals surface area contributed by atoms with Gasteiger partial charge < -0.3 is 30.0 Å². The molecule has 0 aromatic carbocycles. The van der Waals surface area contributed by atoms with Crippen molar-refractivity contribution < 1.29 is 48.9 Å². The van der Waals surface area contributed by atoms with E-state index in [0.29, 0.717) is 0 Å². The molecule has 0 rings (SSSR count). The van der Waals surface area contributed by atoms with Crippen LogP contribution in [0.4, 0.5) is 0 Å². The number of ketones is 2. The molecule has 102 valence electrons. The summed E-state index contributed by atoms with van der Waals surface area (Å²) in [6.07, 6.45) is -1.79. The second-order valence-electron chi connectivity index (χ2n) is 2.36. The average molecular weight is 276 g/mol. The van der Waals surface area contributed by atoms with E-state index in [-0.39, 0.29) is 0 Å². The van der Waals surface area contributed by atoms with E-state index >= 15 is 0 Å². The van der Waals surface area contributed by atoms with Crippen molar-refractivity contribution in [3.8, 4) is 0 Å². The van der Waals surface area contributed by atoms with Crippen molar-refractivity contribution in [1.29, 1.82) is 0 Å². The van der Waals surface area contributed by atoms with Gasteiger partial charge in [-0.2, -0.15) is 0 Å². The van der Waals surface area contributed by atoms with E-state index in [4.69, 9.17) is 34.6 Å². The Bertz CT molecular complexity index is 282. The molecule has 0 saturated carbocycles. The number of phosphoric acid groups is 1. The number of hydrogen-bond donors (Lipinski definition) is 6. The van der Waals surface area contributed by atoms with Crippen LogP contribution in [0.3, 0.4) is 0 Å². The van der Waals surface area contributed by atoms with Crippen molar-refractivity contribution in [1.82, 2.24) is 0 Å². The zero-order chi connectivity index (χ0) is 14.8. The van der Waals surface area contributed by atoms with Gasteiger partial charge in [-0.25, -0.2) is 9.36 Å². The number of aliphatic hydroxyl groups is 2. The Morgan fingerprint density at radius 3 is 1.12 bits per heavy atom. The van der Waals surface area contributed by atoms with Crippen molar-refractivity contribution in [3.05, 3.63) is 0 Å². The van der Waals surface area contributed by atoms with Crippen LogP contribution in [0.25, 0.3) is 0 Å². The first kappa shape index (κ1) is 21.2. The average Bonchev–Trinajstić information content (AvgIpc) is 2.01. The molecule has 0 heterocycles. The number of carbonyl (C=O) groups excluding carboxylic acids is 2. The van der Waals surface area contributed by atoms with E-state index in [1.54, 1.807) is 0 Å². The fourth-order valence-corrected chi connectivity index (χ4v) is 0. The molecule has 0 aromatic rings. The maximum Gasteiger partial charge on any atom is 0.466 e. The predicted molar refractivity (Wildman–Crippen MR) is 51.5 cm³/mol. The van der Waals surface area contributed by atoms with Gasteiger partial charge in [0.1, 0.15) is 0 Å². The zero-order valence-electron chi connectivity index (χ0n) is 8.84. The second kappa shape index (κ2) is 10.0. The lowest BCUT2D eigenvalue weighted by atomic mass is 10.4. The van der Waals surface area contributed by atoms with Crippen molar-refractivity contribution >= 4 is 25.4 Å². The van der Waals surface area contributed by atoms with Gasteiger partial charge >= 0.3 is 13.8 Å². The summed E-state index contributed by atoms with van der Waals surface area (Å²) in [5.41, 5.74) is 0. The third-order valence-electron chi connectivity index (χ3n) is 0.665. The second-order valence-corrected chi connectivity index (χ2v) is 3.39. The minimum atomic E-state index is -4.64. The summed E-state index contributed by atoms with van der Waals surface area (Å²) in [5.74, 6) is -2.83. The van der Waals surface area contributed by atoms with Crippen LogP contribution >= 0.6 is 7.82 Å². The largest absolute Gasteiger partial charge is 0.476 e. The quantitative estimate of drug-likeness (QED) is 0.180. The van der Waals surface area contributed by atoms with E-state index < -0.39 is 31.6 Å². The molecule has 0 unspecified atom stereocenters. The molecule has 0 fully saturated rings. The lowest BCUT2D eigenvalue weighted by molar-refractivity contribution is -0.148. The Morgan fingerprint density at radius 1 is 1.00 bits per heavy atom. The summed E-state index contributed by atoms with van der Waals surface area (Å²) >= 11 is 0. The third kappa shape index (κ3) is 52.3. The number of aliphatic hydroxyl groups excluding tert-OH is 1. The number of Topliss-reactive ketones (excluding diaryl/α,β-unsaturated/α-hetero) is 2. The Hall–Kier alpha value is -1.16. The summed E-state index contributed by atoms with van der Waals surface area (Å²) in [6.45, 7) is 2.10. The summed E-state index contributed by atoms with van der Waals surface area (Å²) in [5, 5.41) is 23.3. The van der Waals surface area contributed by atoms with Crippen LogP contribution in [0, 0.1) is 0 Å². The molecule has 0 radical (unpaired) electrons. The predicted octanol–water partition coefficient (Wildman–Crippen LogP) is -2.38. The zero-order valence-corrected chi connectivity index (χ0v) is 9.74. The fourth-order valence-electron chi connectivity index (χ4n) is 0. The van der Waals surface area contributed by atoms with Crippen molar-refractivity contribution in [2.75, 3.05) is 0 Å². The van der Waals surface area contributed by atoms with Crippen molar-refractivity contribution in [3.63, 3.8) is 0 Å². The molecule has 0 saturated heterocycles. The summed E-state index contributed by atoms with van der Waals surface area (Å²) < 4.78 is 8.88. The fraction of sp³-hybridized carbons (Fsp3) is 0.500. The number of rotatable bonds is 2. The number of carbonyl (C=O) groups is 3. The van der Waals surface area contributed by atoms with Crippen LogP contribution in [0.15, 0.2) is 0 Å². The SMILES string of the molecule is CC(=O)C(=O)O.CC(=O)C(O)O.O=P(O)(O)O. The smallest absolute Gasteiger partial charge is 0.466 e. The molecule has 0 atom stereocenters. The van der Waals surface area contributed by atoms with Crippen LogP contribution in [-0.2, 0) is 18.9 Å². The number of aliphatic carboxylic acids is 1. The summed E-state index contributed by atoms with van der Waals surface area (Å²) in [6, 6.07) is 0. The molecule has 0 spiro atoms. The molecule has 0 aliphatic heterocycles. The molecular weight excluding hydrogens is 263 g/mol. The van der Waals surface area contributed by atoms with Crippen LogP contribution in [0.5, 0.6) is 0 Å². The van der Waals surface area contributed by atoms with E-state index in [1.165, 1.54) is 0 Å². The molecule has 0 aliphatic rings. The molecule has 0 amide bonds. The van der Waals surface area contributed by atoms with E-state index in [2.05, 4.69) is 0 Å². The lowest BCUT2D eigenvalue weighted by Crippen LogP contribution is -2.14. The third-order valence-corrected chi connectivity index (χ3v) is 0.665. The number of carboxylic acids is 1. The van der Waals surface area contributed by atoms with Crippen LogP contribution in [-0.4, -0.2) is 53.8 Å². The van der Waals surface area contributed by atoms with Gasteiger partial charge in [-0.1, -0.05) is 0 Å². The minimum Gasteiger partial charge on any atom is -0.476 e. The first-order chi connectivity index (χ1) is 7.29. The van der Waals surface area contributed by atoms with Gasteiger partial charge in [0.15, 0.2) is 5.78 Å². The van der Waals surface area contributed by atoms with Gasteiger partial charge in [0.05, 0.1) is 0 Å². The minimum absolute atomic E-state index is 0.630. The Morgan fingerprint density at radius 2 is 1.12 bits per heavy atom. The maximum atomic E-state index is 9.64. The Labute approximate surface area is 95.4 Å². The highest BCUT2D eigenvalue weighted by Crippen LogP contribution is 2.25. The Kier molecular flexibility index (Phi) is 12.5. The van der Waals surface area contributed by atoms with Gasteiger partial charge in [-0.05, 0) is 6.92 Å². The summed E-state index contributed by atoms with van der Waals surface area (Å²) in [4.78, 5) is 50.1. The number of hydrogen-bond acceptors (Lipinski definition) is 6.